The van der Waals surface area contributed by atoms with Gasteiger partial charge in [-0.05, 0) is 76.1 Å². The molecule has 4 rings (SSSR count). The van der Waals surface area contributed by atoms with Gasteiger partial charge < -0.3 is 9.47 Å². The fraction of sp³-hybridized carbons (Fsp3) is 0.188. The lowest BCUT2D eigenvalue weighted by atomic mass is 9.90. The average Bonchev–Trinajstić information content (AvgIpc) is 2.93. The smallest absolute Gasteiger partial charge is 0.247 e. The highest BCUT2D eigenvalue weighted by Gasteiger charge is 2.21. The van der Waals surface area contributed by atoms with E-state index >= 15 is 0 Å². The number of hydrogen-bond donors (Lipinski definition) is 1. The molecule has 0 heterocycles. The minimum atomic E-state index is -0.367. The molecule has 1 amide bonds. The Morgan fingerprint density at radius 3 is 2.34 bits per heavy atom. The lowest BCUT2D eigenvalue weighted by Crippen LogP contribution is -2.27. The van der Waals surface area contributed by atoms with E-state index in [1.165, 1.54) is 0 Å². The first-order valence-corrected chi connectivity index (χ1v) is 13.4. The molecule has 0 fully saturated rings. The Kier molecular flexibility index (Phi) is 9.71. The molecule has 6 heteroatoms. The monoisotopic (exact) mass is 570 g/mol. The van der Waals surface area contributed by atoms with E-state index < -0.39 is 0 Å². The van der Waals surface area contributed by atoms with Gasteiger partial charge in [-0.3, -0.25) is 4.79 Å². The van der Waals surface area contributed by atoms with E-state index in [4.69, 9.17) is 9.47 Å². The topological polar surface area (TPSA) is 59.9 Å². The van der Waals surface area contributed by atoms with Crippen molar-refractivity contribution >= 4 is 28.1 Å². The zero-order chi connectivity index (χ0) is 26.7. The quantitative estimate of drug-likeness (QED) is 0.153. The van der Waals surface area contributed by atoms with E-state index in [0.717, 1.165) is 32.3 Å². The normalized spacial score (nSPS) is 11.8. The van der Waals surface area contributed by atoms with Crippen LogP contribution in [0.4, 0.5) is 0 Å². The Hall–Kier alpha value is -3.90. The molecule has 0 saturated carbocycles. The molecule has 0 radical (unpaired) electrons. The molecular weight excluding hydrogens is 540 g/mol. The SMILES string of the molecule is CCOc1cc(/C=N\NC(=O)[C@@H](Cc2ccccc2C)c2ccccc2)cc(Br)c1OCc1ccccc1. The predicted octanol–water partition coefficient (Wildman–Crippen LogP) is 7.21. The molecule has 5 nitrogen and oxygen atoms in total. The van der Waals surface area contributed by atoms with E-state index in [2.05, 4.69) is 45.5 Å². The van der Waals surface area contributed by atoms with Crippen LogP contribution in [0.1, 0.15) is 40.7 Å². The van der Waals surface area contributed by atoms with Gasteiger partial charge in [0.1, 0.15) is 6.61 Å². The molecule has 0 bridgehead atoms. The largest absolute Gasteiger partial charge is 0.490 e. The van der Waals surface area contributed by atoms with Gasteiger partial charge in [0.15, 0.2) is 11.5 Å². The van der Waals surface area contributed by atoms with Crippen molar-refractivity contribution in [2.24, 2.45) is 5.10 Å². The molecule has 4 aromatic rings. The van der Waals surface area contributed by atoms with Gasteiger partial charge in [0, 0.05) is 0 Å². The molecule has 0 aliphatic rings. The van der Waals surface area contributed by atoms with Crippen molar-refractivity contribution in [2.45, 2.75) is 32.8 Å². The van der Waals surface area contributed by atoms with Crippen LogP contribution < -0.4 is 14.9 Å². The van der Waals surface area contributed by atoms with Crippen molar-refractivity contribution in [1.29, 1.82) is 0 Å². The number of carbonyl (C=O) groups is 1. The van der Waals surface area contributed by atoms with Crippen LogP contribution in [0.2, 0.25) is 0 Å². The first-order valence-electron chi connectivity index (χ1n) is 12.6. The van der Waals surface area contributed by atoms with E-state index in [1.54, 1.807) is 6.21 Å². The van der Waals surface area contributed by atoms with Gasteiger partial charge in [-0.15, -0.1) is 0 Å². The third kappa shape index (κ3) is 7.33. The number of rotatable bonds is 11. The molecule has 38 heavy (non-hydrogen) atoms. The summed E-state index contributed by atoms with van der Waals surface area (Å²) in [7, 11) is 0. The standard InChI is InChI=1S/C32H31BrN2O3/c1-3-37-30-19-25(18-29(33)31(30)38-22-24-13-6-4-7-14-24)21-34-35-32(36)28(26-15-8-5-9-16-26)20-27-17-11-10-12-23(27)2/h4-19,21,28H,3,20,22H2,1-2H3,(H,35,36)/b34-21-/t28-/m0/s1. The van der Waals surface area contributed by atoms with E-state index in [1.807, 2.05) is 91.9 Å². The summed E-state index contributed by atoms with van der Waals surface area (Å²) in [6.07, 6.45) is 2.20. The minimum Gasteiger partial charge on any atom is -0.490 e. The number of carbonyl (C=O) groups excluding carboxylic acids is 1. The van der Waals surface area contributed by atoms with Crippen LogP contribution in [0.3, 0.4) is 0 Å². The number of halogens is 1. The van der Waals surface area contributed by atoms with E-state index in [0.29, 0.717) is 31.1 Å². The first-order chi connectivity index (χ1) is 18.5. The molecule has 4 aromatic carbocycles. The number of amides is 1. The maximum atomic E-state index is 13.3. The van der Waals surface area contributed by atoms with Crippen LogP contribution in [-0.2, 0) is 17.8 Å². The van der Waals surface area contributed by atoms with E-state index in [9.17, 15) is 4.79 Å². The molecule has 194 valence electrons. The summed E-state index contributed by atoms with van der Waals surface area (Å²) in [6, 6.07) is 31.6. The van der Waals surface area contributed by atoms with Gasteiger partial charge in [-0.1, -0.05) is 84.9 Å². The zero-order valence-corrected chi connectivity index (χ0v) is 23.1. The van der Waals surface area contributed by atoms with Crippen LogP contribution in [0.15, 0.2) is 107 Å². The summed E-state index contributed by atoms with van der Waals surface area (Å²) in [5.41, 5.74) is 7.82. The first kappa shape index (κ1) is 27.1. The second kappa shape index (κ2) is 13.6. The minimum absolute atomic E-state index is 0.164. The van der Waals surface area contributed by atoms with Crippen molar-refractivity contribution < 1.29 is 14.3 Å². The fourth-order valence-electron chi connectivity index (χ4n) is 4.15. The molecule has 1 atom stereocenters. The van der Waals surface area contributed by atoms with Crippen molar-refractivity contribution in [1.82, 2.24) is 5.43 Å². The molecule has 0 spiro atoms. The molecular formula is C32H31BrN2O3. The summed E-state index contributed by atoms with van der Waals surface area (Å²) >= 11 is 3.61. The highest BCUT2D eigenvalue weighted by molar-refractivity contribution is 9.10. The lowest BCUT2D eigenvalue weighted by molar-refractivity contribution is -0.122. The second-order valence-electron chi connectivity index (χ2n) is 8.87. The lowest BCUT2D eigenvalue weighted by Gasteiger charge is -2.17. The summed E-state index contributed by atoms with van der Waals surface area (Å²) < 4.78 is 12.7. The molecule has 0 saturated heterocycles. The Labute approximate surface area is 232 Å². The summed E-state index contributed by atoms with van der Waals surface area (Å²) in [4.78, 5) is 13.3. The number of benzene rings is 4. The number of hydrazone groups is 1. The highest BCUT2D eigenvalue weighted by Crippen LogP contribution is 2.37. The molecule has 0 aliphatic carbocycles. The van der Waals surface area contributed by atoms with Crippen molar-refractivity contribution in [2.75, 3.05) is 6.61 Å². The Morgan fingerprint density at radius 2 is 1.63 bits per heavy atom. The maximum absolute atomic E-state index is 13.3. The van der Waals surface area contributed by atoms with Gasteiger partial charge in [-0.2, -0.15) is 5.10 Å². The molecule has 1 N–H and O–H groups in total. The summed E-state index contributed by atoms with van der Waals surface area (Å²) in [5.74, 6) is 0.697. The molecule has 0 aromatic heterocycles. The van der Waals surface area contributed by atoms with Crippen molar-refractivity contribution in [3.63, 3.8) is 0 Å². The third-order valence-corrected chi connectivity index (χ3v) is 6.74. The van der Waals surface area contributed by atoms with Crippen LogP contribution in [0.5, 0.6) is 11.5 Å². The highest BCUT2D eigenvalue weighted by atomic mass is 79.9. The number of aryl methyl sites for hydroxylation is 1. The Balaban J connectivity index is 1.49. The van der Waals surface area contributed by atoms with Crippen molar-refractivity contribution in [3.05, 3.63) is 129 Å². The van der Waals surface area contributed by atoms with Gasteiger partial charge in [0.2, 0.25) is 5.91 Å². The fourth-order valence-corrected chi connectivity index (χ4v) is 4.72. The molecule has 0 aliphatic heterocycles. The van der Waals surface area contributed by atoms with Crippen molar-refractivity contribution in [3.8, 4) is 11.5 Å². The second-order valence-corrected chi connectivity index (χ2v) is 9.72. The predicted molar refractivity (Wildman–Crippen MR) is 156 cm³/mol. The third-order valence-electron chi connectivity index (χ3n) is 6.15. The van der Waals surface area contributed by atoms with Crippen LogP contribution in [0.25, 0.3) is 0 Å². The van der Waals surface area contributed by atoms with Gasteiger partial charge >= 0.3 is 0 Å². The van der Waals surface area contributed by atoms with Crippen LogP contribution in [-0.4, -0.2) is 18.7 Å². The number of hydrogen-bond acceptors (Lipinski definition) is 4. The summed E-state index contributed by atoms with van der Waals surface area (Å²) in [6.45, 7) is 4.90. The zero-order valence-electron chi connectivity index (χ0n) is 21.6. The average molecular weight is 572 g/mol. The Morgan fingerprint density at radius 1 is 0.947 bits per heavy atom. The van der Waals surface area contributed by atoms with Gasteiger partial charge in [0.05, 0.1) is 23.2 Å². The van der Waals surface area contributed by atoms with Gasteiger partial charge in [-0.25, -0.2) is 5.43 Å². The number of nitrogens with one attached hydrogen (secondary N) is 1. The number of ether oxygens (including phenoxy) is 2. The Bertz CT molecular complexity index is 1370. The molecule has 0 unspecified atom stereocenters. The maximum Gasteiger partial charge on any atom is 0.247 e. The van der Waals surface area contributed by atoms with Gasteiger partial charge in [0.25, 0.3) is 0 Å². The summed E-state index contributed by atoms with van der Waals surface area (Å²) in [5, 5.41) is 4.28. The van der Waals surface area contributed by atoms with Crippen LogP contribution >= 0.6 is 15.9 Å². The van der Waals surface area contributed by atoms with Crippen LogP contribution in [0, 0.1) is 6.92 Å². The number of nitrogens with zero attached hydrogens (tertiary/aromatic N) is 1. The van der Waals surface area contributed by atoms with E-state index in [-0.39, 0.29) is 11.8 Å².